The molecular weight excluding hydrogens is 238 g/mol. The van der Waals surface area contributed by atoms with Crippen molar-refractivity contribution < 1.29 is 9.47 Å². The predicted octanol–water partition coefficient (Wildman–Crippen LogP) is 2.64. The first kappa shape index (κ1) is 14.3. The molecule has 0 heterocycles. The average Bonchev–Trinajstić information content (AvgIpc) is 2.28. The zero-order valence-corrected chi connectivity index (χ0v) is 11.2. The predicted molar refractivity (Wildman–Crippen MR) is 70.8 cm³/mol. The Hall–Kier alpha value is -0.770. The van der Waals surface area contributed by atoms with E-state index in [1.165, 1.54) is 0 Å². The van der Waals surface area contributed by atoms with Gasteiger partial charge in [0.1, 0.15) is 12.4 Å². The van der Waals surface area contributed by atoms with Crippen LogP contribution in [-0.2, 0) is 11.2 Å². The second kappa shape index (κ2) is 7.54. The summed E-state index contributed by atoms with van der Waals surface area (Å²) in [4.78, 5) is 0. The molecule has 17 heavy (non-hydrogen) atoms. The van der Waals surface area contributed by atoms with E-state index in [1.54, 1.807) is 0 Å². The molecule has 3 nitrogen and oxygen atoms in total. The number of nitrogens with two attached hydrogens (primary N) is 1. The molecule has 0 bridgehead atoms. The van der Waals surface area contributed by atoms with E-state index in [1.807, 2.05) is 32.0 Å². The van der Waals surface area contributed by atoms with Gasteiger partial charge in [-0.3, -0.25) is 0 Å². The molecule has 0 amide bonds. The fraction of sp³-hybridized carbons (Fsp3) is 0.538. The first-order valence-electron chi connectivity index (χ1n) is 5.87. The number of rotatable bonds is 7. The number of benzene rings is 1. The quantitative estimate of drug-likeness (QED) is 0.764. The molecule has 0 atom stereocenters. The van der Waals surface area contributed by atoms with Crippen LogP contribution in [-0.4, -0.2) is 25.9 Å². The van der Waals surface area contributed by atoms with Crippen LogP contribution in [0.25, 0.3) is 0 Å². The van der Waals surface area contributed by atoms with Gasteiger partial charge in [0, 0.05) is 10.6 Å². The summed E-state index contributed by atoms with van der Waals surface area (Å²) in [6, 6.07) is 5.64. The molecule has 2 N–H and O–H groups in total. The van der Waals surface area contributed by atoms with E-state index in [0.29, 0.717) is 24.8 Å². The Kier molecular flexibility index (Phi) is 6.34. The summed E-state index contributed by atoms with van der Waals surface area (Å²) in [6.07, 6.45) is 0.946. The lowest BCUT2D eigenvalue weighted by atomic mass is 10.1. The van der Waals surface area contributed by atoms with Crippen molar-refractivity contribution >= 4 is 11.6 Å². The van der Waals surface area contributed by atoms with Crippen LogP contribution in [0.5, 0.6) is 5.75 Å². The molecule has 1 aromatic carbocycles. The Balaban J connectivity index is 2.54. The first-order chi connectivity index (χ1) is 8.15. The van der Waals surface area contributed by atoms with Crippen LogP contribution in [0.1, 0.15) is 19.4 Å². The van der Waals surface area contributed by atoms with Crippen LogP contribution in [0, 0.1) is 0 Å². The van der Waals surface area contributed by atoms with Gasteiger partial charge in [-0.15, -0.1) is 0 Å². The van der Waals surface area contributed by atoms with Gasteiger partial charge < -0.3 is 15.2 Å². The number of halogens is 1. The highest BCUT2D eigenvalue weighted by molar-refractivity contribution is 6.31. The zero-order chi connectivity index (χ0) is 12.7. The summed E-state index contributed by atoms with van der Waals surface area (Å²) in [5.41, 5.74) is 6.53. The molecule has 0 aliphatic heterocycles. The van der Waals surface area contributed by atoms with Gasteiger partial charge in [0.25, 0.3) is 0 Å². The van der Waals surface area contributed by atoms with Crippen LogP contribution >= 0.6 is 11.6 Å². The molecule has 0 radical (unpaired) electrons. The van der Waals surface area contributed by atoms with E-state index in [2.05, 4.69) is 0 Å². The lowest BCUT2D eigenvalue weighted by molar-refractivity contribution is 0.0551. The molecule has 96 valence electrons. The molecule has 1 aromatic rings. The molecule has 0 saturated carbocycles. The van der Waals surface area contributed by atoms with Crippen LogP contribution in [0.4, 0.5) is 0 Å². The van der Waals surface area contributed by atoms with Gasteiger partial charge in [0.15, 0.2) is 0 Å². The van der Waals surface area contributed by atoms with Crippen molar-refractivity contribution in [3.8, 4) is 5.75 Å². The Bertz CT molecular complexity index is 342. The zero-order valence-electron chi connectivity index (χ0n) is 10.4. The summed E-state index contributed by atoms with van der Waals surface area (Å²) in [5.74, 6) is 0.801. The van der Waals surface area contributed by atoms with E-state index in [0.717, 1.165) is 17.7 Å². The van der Waals surface area contributed by atoms with Crippen LogP contribution < -0.4 is 10.5 Å². The Morgan fingerprint density at radius 3 is 2.71 bits per heavy atom. The van der Waals surface area contributed by atoms with Gasteiger partial charge in [0.05, 0.1) is 12.7 Å². The third kappa shape index (κ3) is 4.94. The van der Waals surface area contributed by atoms with E-state index >= 15 is 0 Å². The maximum Gasteiger partial charge on any atom is 0.124 e. The summed E-state index contributed by atoms with van der Waals surface area (Å²) in [5, 5.41) is 0.706. The van der Waals surface area contributed by atoms with Crippen molar-refractivity contribution in [1.29, 1.82) is 0 Å². The number of ether oxygens (including phenoxy) is 2. The Morgan fingerprint density at radius 2 is 2.06 bits per heavy atom. The molecule has 0 spiro atoms. The van der Waals surface area contributed by atoms with Crippen molar-refractivity contribution in [2.24, 2.45) is 5.73 Å². The molecular formula is C13H20ClNO2. The molecule has 0 saturated heterocycles. The van der Waals surface area contributed by atoms with Crippen molar-refractivity contribution in [2.75, 3.05) is 19.8 Å². The van der Waals surface area contributed by atoms with Gasteiger partial charge in [-0.1, -0.05) is 17.7 Å². The molecule has 0 fully saturated rings. The minimum absolute atomic E-state index is 0.224. The maximum atomic E-state index is 6.10. The van der Waals surface area contributed by atoms with Crippen molar-refractivity contribution in [2.45, 2.75) is 26.4 Å². The standard InChI is InChI=1S/C13H20ClNO2/c1-10(2)16-8-9-17-13-5-3-4-12(14)11(13)6-7-15/h3-5,10H,6-9,15H2,1-2H3. The van der Waals surface area contributed by atoms with Gasteiger partial charge in [0.2, 0.25) is 0 Å². The lowest BCUT2D eigenvalue weighted by Gasteiger charge is -2.13. The fourth-order valence-electron chi connectivity index (χ4n) is 1.50. The number of hydrogen-bond acceptors (Lipinski definition) is 3. The average molecular weight is 258 g/mol. The second-order valence-electron chi connectivity index (χ2n) is 4.02. The fourth-order valence-corrected chi connectivity index (χ4v) is 1.76. The van der Waals surface area contributed by atoms with E-state index in [4.69, 9.17) is 26.8 Å². The molecule has 4 heteroatoms. The lowest BCUT2D eigenvalue weighted by Crippen LogP contribution is -2.12. The first-order valence-corrected chi connectivity index (χ1v) is 6.24. The highest BCUT2D eigenvalue weighted by Gasteiger charge is 2.07. The Labute approximate surface area is 108 Å². The van der Waals surface area contributed by atoms with Crippen molar-refractivity contribution in [1.82, 2.24) is 0 Å². The molecule has 1 rings (SSSR count). The molecule has 0 aliphatic carbocycles. The van der Waals surface area contributed by atoms with Crippen LogP contribution in [0.2, 0.25) is 5.02 Å². The summed E-state index contributed by atoms with van der Waals surface area (Å²) in [6.45, 7) is 5.66. The van der Waals surface area contributed by atoms with E-state index < -0.39 is 0 Å². The molecule has 0 aromatic heterocycles. The van der Waals surface area contributed by atoms with Crippen molar-refractivity contribution in [3.05, 3.63) is 28.8 Å². The highest BCUT2D eigenvalue weighted by atomic mass is 35.5. The van der Waals surface area contributed by atoms with Gasteiger partial charge in [-0.2, -0.15) is 0 Å². The molecule has 0 unspecified atom stereocenters. The number of hydrogen-bond donors (Lipinski definition) is 1. The Morgan fingerprint density at radius 1 is 1.29 bits per heavy atom. The minimum atomic E-state index is 0.224. The monoisotopic (exact) mass is 257 g/mol. The summed E-state index contributed by atoms with van der Waals surface area (Å²) in [7, 11) is 0. The van der Waals surface area contributed by atoms with Gasteiger partial charge >= 0.3 is 0 Å². The van der Waals surface area contributed by atoms with Crippen LogP contribution in [0.15, 0.2) is 18.2 Å². The molecule has 0 aliphatic rings. The van der Waals surface area contributed by atoms with Crippen molar-refractivity contribution in [3.63, 3.8) is 0 Å². The third-order valence-electron chi connectivity index (χ3n) is 2.26. The third-order valence-corrected chi connectivity index (χ3v) is 2.62. The van der Waals surface area contributed by atoms with Crippen LogP contribution in [0.3, 0.4) is 0 Å². The largest absolute Gasteiger partial charge is 0.491 e. The SMILES string of the molecule is CC(C)OCCOc1cccc(Cl)c1CCN. The minimum Gasteiger partial charge on any atom is -0.491 e. The smallest absolute Gasteiger partial charge is 0.124 e. The van der Waals surface area contributed by atoms with E-state index in [-0.39, 0.29) is 6.10 Å². The normalized spacial score (nSPS) is 10.9. The van der Waals surface area contributed by atoms with E-state index in [9.17, 15) is 0 Å². The summed E-state index contributed by atoms with van der Waals surface area (Å²) < 4.78 is 11.1. The second-order valence-corrected chi connectivity index (χ2v) is 4.43. The maximum absolute atomic E-state index is 6.10. The van der Waals surface area contributed by atoms with Gasteiger partial charge in [-0.25, -0.2) is 0 Å². The summed E-state index contributed by atoms with van der Waals surface area (Å²) >= 11 is 6.10. The highest BCUT2D eigenvalue weighted by Crippen LogP contribution is 2.26. The topological polar surface area (TPSA) is 44.5 Å². The van der Waals surface area contributed by atoms with Gasteiger partial charge in [-0.05, 0) is 38.9 Å².